The number of fused-ring (bicyclic) bond motifs is 1. The van der Waals surface area contributed by atoms with E-state index in [0.29, 0.717) is 28.5 Å². The van der Waals surface area contributed by atoms with Gasteiger partial charge in [0, 0.05) is 29.9 Å². The zero-order valence-electron chi connectivity index (χ0n) is 15.6. The summed E-state index contributed by atoms with van der Waals surface area (Å²) >= 11 is 1.52. The molecule has 0 aliphatic carbocycles. The number of nitrogens with one attached hydrogen (secondary N) is 2. The molecular weight excluding hydrogens is 366 g/mol. The Bertz CT molecular complexity index is 946. The van der Waals surface area contributed by atoms with Crippen LogP contribution in [0, 0.1) is 0 Å². The van der Waals surface area contributed by atoms with E-state index in [-0.39, 0.29) is 5.91 Å². The molecule has 0 aliphatic rings. The van der Waals surface area contributed by atoms with E-state index in [1.807, 2.05) is 19.1 Å². The van der Waals surface area contributed by atoms with E-state index in [2.05, 4.69) is 15.6 Å². The van der Waals surface area contributed by atoms with Crippen LogP contribution in [0.2, 0.25) is 0 Å². The third-order valence-electron chi connectivity index (χ3n) is 3.90. The van der Waals surface area contributed by atoms with Crippen LogP contribution in [0.1, 0.15) is 17.3 Å². The first-order chi connectivity index (χ1) is 13.1. The maximum absolute atomic E-state index is 12.7. The molecule has 0 bridgehead atoms. The zero-order chi connectivity index (χ0) is 19.4. The van der Waals surface area contributed by atoms with Gasteiger partial charge in [0.25, 0.3) is 5.91 Å². The molecule has 2 aromatic carbocycles. The van der Waals surface area contributed by atoms with E-state index in [4.69, 9.17) is 14.2 Å². The lowest BCUT2D eigenvalue weighted by molar-refractivity contribution is 0.102. The van der Waals surface area contributed by atoms with E-state index in [9.17, 15) is 4.79 Å². The van der Waals surface area contributed by atoms with Crippen molar-refractivity contribution in [3.05, 3.63) is 35.9 Å². The Morgan fingerprint density at radius 3 is 2.37 bits per heavy atom. The predicted molar refractivity (Wildman–Crippen MR) is 108 cm³/mol. The van der Waals surface area contributed by atoms with E-state index in [0.717, 1.165) is 21.9 Å². The van der Waals surface area contributed by atoms with Crippen LogP contribution in [0.25, 0.3) is 10.2 Å². The topological polar surface area (TPSA) is 81.7 Å². The monoisotopic (exact) mass is 387 g/mol. The minimum atomic E-state index is -0.232. The van der Waals surface area contributed by atoms with Gasteiger partial charge in [0.1, 0.15) is 0 Å². The highest BCUT2D eigenvalue weighted by atomic mass is 32.1. The molecule has 2 N–H and O–H groups in total. The summed E-state index contributed by atoms with van der Waals surface area (Å²) in [5.41, 5.74) is 1.95. The van der Waals surface area contributed by atoms with Crippen LogP contribution in [0.3, 0.4) is 0 Å². The van der Waals surface area contributed by atoms with Crippen molar-refractivity contribution < 1.29 is 19.0 Å². The normalized spacial score (nSPS) is 10.5. The Balaban J connectivity index is 1.87. The lowest BCUT2D eigenvalue weighted by Crippen LogP contribution is -2.12. The van der Waals surface area contributed by atoms with Crippen molar-refractivity contribution in [3.63, 3.8) is 0 Å². The maximum atomic E-state index is 12.7. The number of aromatic nitrogens is 1. The summed E-state index contributed by atoms with van der Waals surface area (Å²) in [6.45, 7) is 2.82. The SMILES string of the molecule is CCNc1nc2ccc(C(=O)Nc3cc(OC)c(OC)c(OC)c3)cc2s1. The number of nitrogens with zero attached hydrogens (tertiary/aromatic N) is 1. The minimum Gasteiger partial charge on any atom is -0.493 e. The molecule has 0 saturated carbocycles. The summed E-state index contributed by atoms with van der Waals surface area (Å²) in [5.74, 6) is 1.19. The largest absolute Gasteiger partial charge is 0.493 e. The Kier molecular flexibility index (Phi) is 5.66. The van der Waals surface area contributed by atoms with Crippen molar-refractivity contribution in [2.75, 3.05) is 38.5 Å². The van der Waals surface area contributed by atoms with E-state index < -0.39 is 0 Å². The van der Waals surface area contributed by atoms with E-state index >= 15 is 0 Å². The standard InChI is InChI=1S/C19H21N3O4S/c1-5-20-19-22-13-7-6-11(8-16(13)27-19)18(23)21-12-9-14(24-2)17(26-4)15(10-12)25-3/h6-10H,5H2,1-4H3,(H,20,22)(H,21,23). The number of hydrogen-bond donors (Lipinski definition) is 2. The molecule has 0 spiro atoms. The van der Waals surface area contributed by atoms with Gasteiger partial charge in [-0.25, -0.2) is 4.98 Å². The average molecular weight is 387 g/mol. The van der Waals surface area contributed by atoms with Gasteiger partial charge in [-0.05, 0) is 25.1 Å². The van der Waals surface area contributed by atoms with Crippen LogP contribution in [-0.4, -0.2) is 38.8 Å². The fourth-order valence-corrected chi connectivity index (χ4v) is 3.62. The fourth-order valence-electron chi connectivity index (χ4n) is 2.65. The summed E-state index contributed by atoms with van der Waals surface area (Å²) in [6.07, 6.45) is 0. The summed E-state index contributed by atoms with van der Waals surface area (Å²) in [6, 6.07) is 8.81. The first-order valence-corrected chi connectivity index (χ1v) is 9.17. The lowest BCUT2D eigenvalue weighted by atomic mass is 10.2. The Hall–Kier alpha value is -3.00. The highest BCUT2D eigenvalue weighted by Crippen LogP contribution is 2.40. The number of carbonyl (C=O) groups is 1. The van der Waals surface area contributed by atoms with Crippen LogP contribution in [0.5, 0.6) is 17.2 Å². The molecular formula is C19H21N3O4S. The van der Waals surface area contributed by atoms with Crippen molar-refractivity contribution in [1.82, 2.24) is 4.98 Å². The molecule has 0 fully saturated rings. The van der Waals surface area contributed by atoms with Gasteiger partial charge < -0.3 is 24.8 Å². The third-order valence-corrected chi connectivity index (χ3v) is 4.88. The van der Waals surface area contributed by atoms with Gasteiger partial charge in [-0.3, -0.25) is 4.79 Å². The summed E-state index contributed by atoms with van der Waals surface area (Å²) < 4.78 is 16.9. The van der Waals surface area contributed by atoms with Gasteiger partial charge in [0.15, 0.2) is 16.6 Å². The maximum Gasteiger partial charge on any atom is 0.255 e. The molecule has 0 saturated heterocycles. The molecule has 0 aliphatic heterocycles. The molecule has 3 aromatic rings. The van der Waals surface area contributed by atoms with Crippen molar-refractivity contribution in [3.8, 4) is 17.2 Å². The number of amides is 1. The van der Waals surface area contributed by atoms with E-state index in [1.54, 1.807) is 18.2 Å². The van der Waals surface area contributed by atoms with Crippen LogP contribution < -0.4 is 24.8 Å². The van der Waals surface area contributed by atoms with Crippen molar-refractivity contribution >= 4 is 38.3 Å². The number of ether oxygens (including phenoxy) is 3. The van der Waals surface area contributed by atoms with Crippen LogP contribution >= 0.6 is 11.3 Å². The molecule has 1 amide bonds. The van der Waals surface area contributed by atoms with Gasteiger partial charge >= 0.3 is 0 Å². The van der Waals surface area contributed by atoms with Gasteiger partial charge in [0.05, 0.1) is 31.5 Å². The predicted octanol–water partition coefficient (Wildman–Crippen LogP) is 4.01. The molecule has 0 unspecified atom stereocenters. The number of anilines is 2. The second kappa shape index (κ2) is 8.13. The third kappa shape index (κ3) is 3.90. The number of hydrogen-bond acceptors (Lipinski definition) is 7. The number of rotatable bonds is 7. The molecule has 0 atom stereocenters. The molecule has 3 rings (SSSR count). The molecule has 142 valence electrons. The van der Waals surface area contributed by atoms with Crippen molar-refractivity contribution in [1.29, 1.82) is 0 Å². The Labute approximate surface area is 161 Å². The number of benzene rings is 2. The second-order valence-electron chi connectivity index (χ2n) is 5.60. The number of methoxy groups -OCH3 is 3. The molecule has 27 heavy (non-hydrogen) atoms. The van der Waals surface area contributed by atoms with Gasteiger partial charge in [0.2, 0.25) is 5.75 Å². The fraction of sp³-hybridized carbons (Fsp3) is 0.263. The molecule has 1 heterocycles. The highest BCUT2D eigenvalue weighted by Gasteiger charge is 2.16. The molecule has 0 radical (unpaired) electrons. The smallest absolute Gasteiger partial charge is 0.255 e. The molecule has 7 nitrogen and oxygen atoms in total. The van der Waals surface area contributed by atoms with Crippen molar-refractivity contribution in [2.24, 2.45) is 0 Å². The quantitative estimate of drug-likeness (QED) is 0.638. The van der Waals surface area contributed by atoms with Gasteiger partial charge in [-0.2, -0.15) is 0 Å². The van der Waals surface area contributed by atoms with Gasteiger partial charge in [-0.15, -0.1) is 0 Å². The average Bonchev–Trinajstić information content (AvgIpc) is 3.08. The summed E-state index contributed by atoms with van der Waals surface area (Å²) in [5, 5.41) is 6.90. The number of carbonyl (C=O) groups excluding carboxylic acids is 1. The first kappa shape index (κ1) is 18.8. The number of thiazole rings is 1. The Morgan fingerprint density at radius 1 is 1.07 bits per heavy atom. The highest BCUT2D eigenvalue weighted by molar-refractivity contribution is 7.22. The minimum absolute atomic E-state index is 0.232. The molecule has 1 aromatic heterocycles. The van der Waals surface area contributed by atoms with Gasteiger partial charge in [-0.1, -0.05) is 11.3 Å². The first-order valence-electron chi connectivity index (χ1n) is 8.35. The summed E-state index contributed by atoms with van der Waals surface area (Å²) in [4.78, 5) is 17.2. The van der Waals surface area contributed by atoms with E-state index in [1.165, 1.54) is 32.7 Å². The van der Waals surface area contributed by atoms with Crippen LogP contribution in [0.4, 0.5) is 10.8 Å². The van der Waals surface area contributed by atoms with Crippen LogP contribution in [0.15, 0.2) is 30.3 Å². The zero-order valence-corrected chi connectivity index (χ0v) is 16.4. The summed E-state index contributed by atoms with van der Waals surface area (Å²) in [7, 11) is 4.59. The van der Waals surface area contributed by atoms with Crippen molar-refractivity contribution in [2.45, 2.75) is 6.92 Å². The molecule has 8 heteroatoms. The second-order valence-corrected chi connectivity index (χ2v) is 6.63. The Morgan fingerprint density at radius 2 is 1.78 bits per heavy atom. The van der Waals surface area contributed by atoms with Crippen LogP contribution in [-0.2, 0) is 0 Å². The lowest BCUT2D eigenvalue weighted by Gasteiger charge is -2.14.